The lowest BCUT2D eigenvalue weighted by Gasteiger charge is -2.33. The fourth-order valence-corrected chi connectivity index (χ4v) is 3.31. The molecule has 0 atom stereocenters. The molecule has 0 amide bonds. The molecular formula is C22H38O2. The van der Waals surface area contributed by atoms with E-state index >= 15 is 0 Å². The third-order valence-electron chi connectivity index (χ3n) is 4.16. The molecule has 1 aromatic carbocycles. The van der Waals surface area contributed by atoms with Crippen molar-refractivity contribution in [2.45, 2.75) is 92.3 Å². The summed E-state index contributed by atoms with van der Waals surface area (Å²) in [5.74, 6) is 0.930. The van der Waals surface area contributed by atoms with Crippen LogP contribution in [-0.2, 0) is 10.2 Å². The van der Waals surface area contributed by atoms with Gasteiger partial charge in [0, 0.05) is 6.42 Å². The standard InChI is InChI=1S/C22H38O2/c1-17(2)23-15-14-22(8,9)24-19-12-10-18(11-13-19)21(6,7)16-20(3,4)5/h10-13,17H,14-16H2,1-9H3. The smallest absolute Gasteiger partial charge is 0.120 e. The minimum Gasteiger partial charge on any atom is -0.488 e. The Labute approximate surface area is 149 Å². The fraction of sp³-hybridized carbons (Fsp3) is 0.727. The molecule has 0 saturated carbocycles. The van der Waals surface area contributed by atoms with Crippen molar-refractivity contribution in [3.63, 3.8) is 0 Å². The van der Waals surface area contributed by atoms with Crippen LogP contribution >= 0.6 is 0 Å². The second-order valence-corrected chi connectivity index (χ2v) is 9.68. The normalized spacial score (nSPS) is 13.4. The van der Waals surface area contributed by atoms with E-state index in [-0.39, 0.29) is 17.1 Å². The summed E-state index contributed by atoms with van der Waals surface area (Å²) < 4.78 is 11.8. The highest BCUT2D eigenvalue weighted by Gasteiger charge is 2.27. The molecule has 0 aliphatic rings. The van der Waals surface area contributed by atoms with Crippen molar-refractivity contribution in [3.8, 4) is 5.75 Å². The summed E-state index contributed by atoms with van der Waals surface area (Å²) in [7, 11) is 0. The highest BCUT2D eigenvalue weighted by molar-refractivity contribution is 5.32. The minimum absolute atomic E-state index is 0.164. The SMILES string of the molecule is CC(C)OCCC(C)(C)Oc1ccc(C(C)(C)CC(C)(C)C)cc1. The van der Waals surface area contributed by atoms with Crippen LogP contribution in [0.5, 0.6) is 5.75 Å². The summed E-state index contributed by atoms with van der Waals surface area (Å²) in [6.45, 7) is 20.6. The van der Waals surface area contributed by atoms with Gasteiger partial charge < -0.3 is 9.47 Å². The van der Waals surface area contributed by atoms with Gasteiger partial charge in [0.1, 0.15) is 11.4 Å². The van der Waals surface area contributed by atoms with E-state index < -0.39 is 0 Å². The molecule has 2 nitrogen and oxygen atoms in total. The van der Waals surface area contributed by atoms with Gasteiger partial charge in [0.2, 0.25) is 0 Å². The second-order valence-electron chi connectivity index (χ2n) is 9.68. The average molecular weight is 335 g/mol. The van der Waals surface area contributed by atoms with Gasteiger partial charge in [-0.3, -0.25) is 0 Å². The van der Waals surface area contributed by atoms with Gasteiger partial charge in [-0.05, 0) is 62.6 Å². The van der Waals surface area contributed by atoms with Gasteiger partial charge in [0.25, 0.3) is 0 Å². The molecule has 0 fully saturated rings. The first-order chi connectivity index (χ1) is 10.8. The quantitative estimate of drug-likeness (QED) is 0.549. The largest absolute Gasteiger partial charge is 0.488 e. The summed E-state index contributed by atoms with van der Waals surface area (Å²) in [6.07, 6.45) is 2.30. The molecule has 2 heteroatoms. The number of hydrogen-bond acceptors (Lipinski definition) is 2. The number of hydrogen-bond donors (Lipinski definition) is 0. The van der Waals surface area contributed by atoms with Crippen LogP contribution in [0.1, 0.15) is 80.7 Å². The van der Waals surface area contributed by atoms with Gasteiger partial charge >= 0.3 is 0 Å². The molecule has 0 N–H and O–H groups in total. The minimum atomic E-state index is -0.225. The molecule has 0 heterocycles. The number of benzene rings is 1. The third-order valence-corrected chi connectivity index (χ3v) is 4.16. The number of ether oxygens (including phenoxy) is 2. The Balaban J connectivity index is 2.70. The molecule has 0 radical (unpaired) electrons. The van der Waals surface area contributed by atoms with E-state index in [9.17, 15) is 0 Å². The lowest BCUT2D eigenvalue weighted by atomic mass is 9.72. The van der Waals surface area contributed by atoms with Gasteiger partial charge in [-0.1, -0.05) is 46.8 Å². The first-order valence-corrected chi connectivity index (χ1v) is 9.22. The number of rotatable bonds is 8. The molecule has 0 aliphatic heterocycles. The molecular weight excluding hydrogens is 296 g/mol. The van der Waals surface area contributed by atoms with E-state index in [0.29, 0.717) is 5.41 Å². The Hall–Kier alpha value is -1.02. The lowest BCUT2D eigenvalue weighted by molar-refractivity contribution is 0.0231. The molecule has 24 heavy (non-hydrogen) atoms. The van der Waals surface area contributed by atoms with Crippen molar-refractivity contribution in [2.24, 2.45) is 5.41 Å². The predicted octanol–water partition coefficient (Wildman–Crippen LogP) is 6.37. The summed E-state index contributed by atoms with van der Waals surface area (Å²) >= 11 is 0. The third kappa shape index (κ3) is 7.70. The summed E-state index contributed by atoms with van der Waals surface area (Å²) in [6, 6.07) is 8.62. The van der Waals surface area contributed by atoms with E-state index in [1.54, 1.807) is 0 Å². The Morgan fingerprint density at radius 1 is 0.875 bits per heavy atom. The van der Waals surface area contributed by atoms with E-state index in [4.69, 9.17) is 9.47 Å². The van der Waals surface area contributed by atoms with Gasteiger partial charge in [-0.15, -0.1) is 0 Å². The second kappa shape index (κ2) is 7.91. The molecule has 1 rings (SSSR count). The van der Waals surface area contributed by atoms with E-state index in [1.807, 2.05) is 0 Å². The summed E-state index contributed by atoms with van der Waals surface area (Å²) in [4.78, 5) is 0. The molecule has 0 saturated heterocycles. The zero-order valence-corrected chi connectivity index (χ0v) is 17.3. The van der Waals surface area contributed by atoms with Crippen LogP contribution in [0.25, 0.3) is 0 Å². The van der Waals surface area contributed by atoms with Crippen molar-refractivity contribution in [2.75, 3.05) is 6.61 Å². The molecule has 0 bridgehead atoms. The van der Waals surface area contributed by atoms with Gasteiger partial charge in [0.05, 0.1) is 12.7 Å². The molecule has 1 aromatic rings. The molecule has 138 valence electrons. The predicted molar refractivity (Wildman–Crippen MR) is 104 cm³/mol. The highest BCUT2D eigenvalue weighted by Crippen LogP contribution is 2.37. The van der Waals surface area contributed by atoms with E-state index in [2.05, 4.69) is 86.6 Å². The van der Waals surface area contributed by atoms with Crippen LogP contribution in [0.3, 0.4) is 0 Å². The molecule has 0 aliphatic carbocycles. The molecule has 0 spiro atoms. The summed E-state index contributed by atoms with van der Waals surface area (Å²) in [5.41, 5.74) is 1.62. The average Bonchev–Trinajstić information content (AvgIpc) is 2.35. The van der Waals surface area contributed by atoms with Gasteiger partial charge in [-0.2, -0.15) is 0 Å². The maximum absolute atomic E-state index is 6.17. The van der Waals surface area contributed by atoms with Crippen LogP contribution in [0.2, 0.25) is 0 Å². The lowest BCUT2D eigenvalue weighted by Crippen LogP contribution is -2.30. The van der Waals surface area contributed by atoms with Gasteiger partial charge in [0.15, 0.2) is 0 Å². The first kappa shape index (κ1) is 21.0. The Bertz CT molecular complexity index is 490. The topological polar surface area (TPSA) is 18.5 Å². The van der Waals surface area contributed by atoms with Crippen molar-refractivity contribution in [1.29, 1.82) is 0 Å². The van der Waals surface area contributed by atoms with E-state index in [0.717, 1.165) is 25.2 Å². The van der Waals surface area contributed by atoms with Crippen LogP contribution < -0.4 is 4.74 Å². The van der Waals surface area contributed by atoms with Crippen molar-refractivity contribution < 1.29 is 9.47 Å². The molecule has 0 aromatic heterocycles. The summed E-state index contributed by atoms with van der Waals surface area (Å²) in [5, 5.41) is 0. The molecule has 0 unspecified atom stereocenters. The van der Waals surface area contributed by atoms with Gasteiger partial charge in [-0.25, -0.2) is 0 Å². The zero-order valence-electron chi connectivity index (χ0n) is 17.3. The monoisotopic (exact) mass is 334 g/mol. The Morgan fingerprint density at radius 2 is 1.42 bits per heavy atom. The zero-order chi connectivity index (χ0) is 18.6. The van der Waals surface area contributed by atoms with E-state index in [1.165, 1.54) is 5.56 Å². The maximum Gasteiger partial charge on any atom is 0.120 e. The van der Waals surface area contributed by atoms with Crippen molar-refractivity contribution in [1.82, 2.24) is 0 Å². The Kier molecular flexibility index (Phi) is 6.93. The van der Waals surface area contributed by atoms with Crippen LogP contribution in [-0.4, -0.2) is 18.3 Å². The van der Waals surface area contributed by atoms with Crippen molar-refractivity contribution in [3.05, 3.63) is 29.8 Å². The first-order valence-electron chi connectivity index (χ1n) is 9.22. The van der Waals surface area contributed by atoms with Crippen molar-refractivity contribution >= 4 is 0 Å². The Morgan fingerprint density at radius 3 is 1.88 bits per heavy atom. The van der Waals surface area contributed by atoms with Crippen LogP contribution in [0, 0.1) is 5.41 Å². The van der Waals surface area contributed by atoms with Crippen LogP contribution in [0.15, 0.2) is 24.3 Å². The maximum atomic E-state index is 6.17. The van der Waals surface area contributed by atoms with Crippen LogP contribution in [0.4, 0.5) is 0 Å². The fourth-order valence-electron chi connectivity index (χ4n) is 3.31. The highest BCUT2D eigenvalue weighted by atomic mass is 16.5.